The van der Waals surface area contributed by atoms with Gasteiger partial charge in [0.05, 0.1) is 17.6 Å². The summed E-state index contributed by atoms with van der Waals surface area (Å²) in [6, 6.07) is 18.9. The number of anilines is 2. The quantitative estimate of drug-likeness (QED) is 0.420. The number of fused-ring (bicyclic) bond motifs is 1. The summed E-state index contributed by atoms with van der Waals surface area (Å²) in [6.07, 6.45) is 5.24. The van der Waals surface area contributed by atoms with Gasteiger partial charge in [-0.15, -0.1) is 0 Å². The van der Waals surface area contributed by atoms with Crippen LogP contribution in [0.1, 0.15) is 24.0 Å². The molecule has 6 rings (SSSR count). The maximum absolute atomic E-state index is 13.4. The predicted octanol–water partition coefficient (Wildman–Crippen LogP) is 3.75. The van der Waals surface area contributed by atoms with Crippen LogP contribution in [0.5, 0.6) is 0 Å². The van der Waals surface area contributed by atoms with Gasteiger partial charge < -0.3 is 19.3 Å². The van der Waals surface area contributed by atoms with E-state index in [1.165, 1.54) is 11.1 Å². The largest absolute Gasteiger partial charge is 0.342 e. The molecule has 4 aromatic rings. The van der Waals surface area contributed by atoms with E-state index in [0.29, 0.717) is 5.91 Å². The molecule has 0 saturated carbocycles. The van der Waals surface area contributed by atoms with E-state index in [1.54, 1.807) is 12.4 Å². The Morgan fingerprint density at radius 2 is 1.54 bits per heavy atom. The van der Waals surface area contributed by atoms with Crippen LogP contribution in [0.15, 0.2) is 67.0 Å². The van der Waals surface area contributed by atoms with Crippen LogP contribution in [-0.2, 0) is 11.3 Å². The van der Waals surface area contributed by atoms with Gasteiger partial charge >= 0.3 is 0 Å². The zero-order valence-electron chi connectivity index (χ0n) is 21.3. The van der Waals surface area contributed by atoms with Crippen molar-refractivity contribution in [2.75, 3.05) is 49.1 Å². The maximum Gasteiger partial charge on any atom is 0.225 e. The average molecular weight is 496 g/mol. The van der Waals surface area contributed by atoms with Gasteiger partial charge in [-0.1, -0.05) is 42.0 Å². The zero-order chi connectivity index (χ0) is 25.2. The Balaban J connectivity index is 1.12. The predicted molar refractivity (Wildman–Crippen MR) is 146 cm³/mol. The molecule has 8 nitrogen and oxygen atoms in total. The Morgan fingerprint density at radius 1 is 0.838 bits per heavy atom. The molecule has 0 atom stereocenters. The minimum atomic E-state index is 0.0747. The zero-order valence-corrected chi connectivity index (χ0v) is 21.3. The van der Waals surface area contributed by atoms with Crippen molar-refractivity contribution in [3.63, 3.8) is 0 Å². The molecule has 0 bridgehead atoms. The van der Waals surface area contributed by atoms with Crippen LogP contribution in [0.25, 0.3) is 11.0 Å². The molecule has 2 saturated heterocycles. The number of nitrogens with zero attached hydrogens (tertiary/aromatic N) is 7. The van der Waals surface area contributed by atoms with Gasteiger partial charge in [0.25, 0.3) is 0 Å². The molecular formula is C29H33N7O. The maximum atomic E-state index is 13.4. The molecule has 190 valence electrons. The van der Waals surface area contributed by atoms with Gasteiger partial charge in [0.15, 0.2) is 0 Å². The molecule has 4 heterocycles. The highest BCUT2D eigenvalue weighted by atomic mass is 16.2. The van der Waals surface area contributed by atoms with E-state index in [1.807, 2.05) is 17.0 Å². The van der Waals surface area contributed by atoms with E-state index in [4.69, 9.17) is 4.98 Å². The SMILES string of the molecule is Cc1ccc(Cn2c(N3CCC(C(=O)N4CCN(c5ncccn5)CC4)CC3)nc3ccccc32)cc1. The number of amides is 1. The lowest BCUT2D eigenvalue weighted by Gasteiger charge is -2.38. The van der Waals surface area contributed by atoms with Crippen molar-refractivity contribution in [3.05, 3.63) is 78.1 Å². The van der Waals surface area contributed by atoms with E-state index in [9.17, 15) is 4.79 Å². The Kier molecular flexibility index (Phi) is 6.47. The summed E-state index contributed by atoms with van der Waals surface area (Å²) < 4.78 is 2.33. The van der Waals surface area contributed by atoms with Crippen molar-refractivity contribution in [1.82, 2.24) is 24.4 Å². The van der Waals surface area contributed by atoms with Gasteiger partial charge in [-0.25, -0.2) is 15.0 Å². The minimum absolute atomic E-state index is 0.0747. The highest BCUT2D eigenvalue weighted by molar-refractivity contribution is 5.80. The number of piperazine rings is 1. The number of carbonyl (C=O) groups is 1. The van der Waals surface area contributed by atoms with Crippen LogP contribution in [-0.4, -0.2) is 69.6 Å². The number of imidazole rings is 1. The fourth-order valence-electron chi connectivity index (χ4n) is 5.50. The van der Waals surface area contributed by atoms with E-state index in [-0.39, 0.29) is 5.92 Å². The second-order valence-corrected chi connectivity index (χ2v) is 10.1. The molecule has 2 aromatic carbocycles. The lowest BCUT2D eigenvalue weighted by molar-refractivity contribution is -0.136. The third kappa shape index (κ3) is 4.88. The molecule has 2 aromatic heterocycles. The average Bonchev–Trinajstić information content (AvgIpc) is 3.33. The first-order chi connectivity index (χ1) is 18.2. The van der Waals surface area contributed by atoms with Crippen molar-refractivity contribution in [2.24, 2.45) is 5.92 Å². The first-order valence-electron chi connectivity index (χ1n) is 13.2. The third-order valence-electron chi connectivity index (χ3n) is 7.65. The molecule has 0 N–H and O–H groups in total. The molecular weight excluding hydrogens is 462 g/mol. The second kappa shape index (κ2) is 10.2. The number of aryl methyl sites for hydroxylation is 1. The number of carbonyl (C=O) groups excluding carboxylic acids is 1. The van der Waals surface area contributed by atoms with Crippen molar-refractivity contribution in [1.29, 1.82) is 0 Å². The minimum Gasteiger partial charge on any atom is -0.342 e. The van der Waals surface area contributed by atoms with Crippen molar-refractivity contribution >= 4 is 28.8 Å². The molecule has 0 spiro atoms. The number of hydrogen-bond donors (Lipinski definition) is 0. The summed E-state index contributed by atoms with van der Waals surface area (Å²) >= 11 is 0. The number of aromatic nitrogens is 4. The fourth-order valence-corrected chi connectivity index (χ4v) is 5.50. The molecule has 2 aliphatic rings. The summed E-state index contributed by atoms with van der Waals surface area (Å²) in [5, 5.41) is 0. The van der Waals surface area contributed by atoms with Crippen LogP contribution >= 0.6 is 0 Å². The molecule has 8 heteroatoms. The first kappa shape index (κ1) is 23.5. The summed E-state index contributed by atoms with van der Waals surface area (Å²) in [6.45, 7) is 7.58. The normalized spacial score (nSPS) is 16.9. The Labute approximate surface area is 217 Å². The van der Waals surface area contributed by atoms with Crippen molar-refractivity contribution in [2.45, 2.75) is 26.3 Å². The summed E-state index contributed by atoms with van der Waals surface area (Å²) in [5.41, 5.74) is 4.70. The number of rotatable bonds is 5. The molecule has 0 radical (unpaired) electrons. The van der Waals surface area contributed by atoms with Gasteiger partial charge in [0.1, 0.15) is 0 Å². The van der Waals surface area contributed by atoms with E-state index in [0.717, 1.165) is 81.6 Å². The fraction of sp³-hybridized carbons (Fsp3) is 0.379. The second-order valence-electron chi connectivity index (χ2n) is 10.1. The van der Waals surface area contributed by atoms with Gasteiger partial charge in [0.2, 0.25) is 17.8 Å². The molecule has 0 aliphatic carbocycles. The Bertz CT molecular complexity index is 1350. The van der Waals surface area contributed by atoms with Crippen LogP contribution in [0.4, 0.5) is 11.9 Å². The standard InChI is InChI=1S/C29H33N7O/c1-22-7-9-23(10-8-22)21-36-26-6-3-2-5-25(26)32-29(36)35-15-11-24(12-16-35)27(37)33-17-19-34(20-18-33)28-30-13-4-14-31-28/h2-10,13-14,24H,11-12,15-21H2,1H3. The van der Waals surface area contributed by atoms with E-state index in [2.05, 4.69) is 73.7 Å². The molecule has 2 aliphatic heterocycles. The lowest BCUT2D eigenvalue weighted by atomic mass is 9.95. The topological polar surface area (TPSA) is 70.4 Å². The lowest BCUT2D eigenvalue weighted by Crippen LogP contribution is -2.52. The Morgan fingerprint density at radius 3 is 2.27 bits per heavy atom. The van der Waals surface area contributed by atoms with Crippen LogP contribution in [0, 0.1) is 12.8 Å². The van der Waals surface area contributed by atoms with Crippen molar-refractivity contribution < 1.29 is 4.79 Å². The third-order valence-corrected chi connectivity index (χ3v) is 7.65. The van der Waals surface area contributed by atoms with E-state index < -0.39 is 0 Å². The van der Waals surface area contributed by atoms with Crippen LogP contribution in [0.3, 0.4) is 0 Å². The number of benzene rings is 2. The van der Waals surface area contributed by atoms with Gasteiger partial charge in [-0.05, 0) is 43.5 Å². The Hall–Kier alpha value is -3.94. The number of para-hydroxylation sites is 2. The molecule has 2 fully saturated rings. The smallest absolute Gasteiger partial charge is 0.225 e. The summed E-state index contributed by atoms with van der Waals surface area (Å²) in [7, 11) is 0. The summed E-state index contributed by atoms with van der Waals surface area (Å²) in [5.74, 6) is 2.12. The summed E-state index contributed by atoms with van der Waals surface area (Å²) in [4.78, 5) is 33.6. The van der Waals surface area contributed by atoms with E-state index >= 15 is 0 Å². The highest BCUT2D eigenvalue weighted by Gasteiger charge is 2.32. The number of piperidine rings is 1. The molecule has 0 unspecified atom stereocenters. The van der Waals surface area contributed by atoms with Crippen LogP contribution < -0.4 is 9.80 Å². The monoisotopic (exact) mass is 495 g/mol. The molecule has 37 heavy (non-hydrogen) atoms. The highest BCUT2D eigenvalue weighted by Crippen LogP contribution is 2.29. The van der Waals surface area contributed by atoms with Crippen molar-refractivity contribution in [3.8, 4) is 0 Å². The van der Waals surface area contributed by atoms with Gasteiger partial charge in [0, 0.05) is 57.6 Å². The van der Waals surface area contributed by atoms with Gasteiger partial charge in [-0.2, -0.15) is 0 Å². The molecule has 1 amide bonds. The van der Waals surface area contributed by atoms with Gasteiger partial charge in [-0.3, -0.25) is 4.79 Å². The van der Waals surface area contributed by atoms with Crippen LogP contribution in [0.2, 0.25) is 0 Å². The first-order valence-corrected chi connectivity index (χ1v) is 13.2. The number of hydrogen-bond acceptors (Lipinski definition) is 6.